The van der Waals surface area contributed by atoms with Crippen LogP contribution in [0.15, 0.2) is 24.5 Å². The Kier molecular flexibility index (Phi) is 5.45. The highest BCUT2D eigenvalue weighted by Crippen LogP contribution is 2.18. The van der Waals surface area contributed by atoms with Gasteiger partial charge < -0.3 is 9.72 Å². The fourth-order valence-corrected chi connectivity index (χ4v) is 4.35. The van der Waals surface area contributed by atoms with Gasteiger partial charge in [0.1, 0.15) is 5.65 Å². The summed E-state index contributed by atoms with van der Waals surface area (Å²) in [6.07, 6.45) is 8.93. The van der Waals surface area contributed by atoms with Gasteiger partial charge in [0.2, 0.25) is 5.91 Å². The Bertz CT molecular complexity index is 787. The molecule has 0 spiro atoms. The Balaban J connectivity index is 1.30. The summed E-state index contributed by atoms with van der Waals surface area (Å²) in [7, 11) is 0. The first-order chi connectivity index (χ1) is 13.1. The number of pyridine rings is 1. The molecular formula is C21H31N5O. The highest BCUT2D eigenvalue weighted by Gasteiger charge is 2.27. The standard InChI is InChI=1S/C21H31N5O/c1-16-7-8-20-22-13-19(26(20)14-16)15-24-9-11-25(12-10-24)17(2)21(27)23-18-5-3-4-6-18/h7-8,13-14,17-18H,3-6,9-12,15H2,1-2H3,(H,23,27)/t17-/m0/s1. The third kappa shape index (κ3) is 4.17. The first kappa shape index (κ1) is 18.4. The van der Waals surface area contributed by atoms with Crippen molar-refractivity contribution in [1.29, 1.82) is 0 Å². The third-order valence-corrected chi connectivity index (χ3v) is 6.15. The van der Waals surface area contributed by atoms with Crippen molar-refractivity contribution in [3.05, 3.63) is 35.8 Å². The molecule has 0 radical (unpaired) electrons. The van der Waals surface area contributed by atoms with Gasteiger partial charge in [-0.25, -0.2) is 4.98 Å². The number of hydrogen-bond donors (Lipinski definition) is 1. The van der Waals surface area contributed by atoms with E-state index in [0.717, 1.165) is 51.2 Å². The molecule has 1 saturated carbocycles. The number of aryl methyl sites for hydroxylation is 1. The number of carbonyl (C=O) groups excluding carboxylic acids is 1. The van der Waals surface area contributed by atoms with E-state index in [0.29, 0.717) is 6.04 Å². The minimum atomic E-state index is -0.0359. The van der Waals surface area contributed by atoms with Crippen LogP contribution in [0.4, 0.5) is 0 Å². The Morgan fingerprint density at radius 1 is 1.22 bits per heavy atom. The molecular weight excluding hydrogens is 338 g/mol. The summed E-state index contributed by atoms with van der Waals surface area (Å²) in [6.45, 7) is 8.92. The van der Waals surface area contributed by atoms with Crippen LogP contribution in [0, 0.1) is 6.92 Å². The maximum atomic E-state index is 12.5. The molecule has 3 heterocycles. The van der Waals surface area contributed by atoms with Crippen LogP contribution in [0.3, 0.4) is 0 Å². The number of fused-ring (bicyclic) bond motifs is 1. The molecule has 0 unspecified atom stereocenters. The van der Waals surface area contributed by atoms with E-state index in [2.05, 4.69) is 49.8 Å². The van der Waals surface area contributed by atoms with Gasteiger partial charge in [0.05, 0.1) is 17.9 Å². The molecule has 1 amide bonds. The van der Waals surface area contributed by atoms with Crippen molar-refractivity contribution in [3.8, 4) is 0 Å². The molecule has 2 aromatic heterocycles. The number of imidazole rings is 1. The van der Waals surface area contributed by atoms with E-state index in [1.54, 1.807) is 0 Å². The van der Waals surface area contributed by atoms with E-state index in [4.69, 9.17) is 0 Å². The zero-order chi connectivity index (χ0) is 18.8. The maximum absolute atomic E-state index is 12.5. The molecule has 4 rings (SSSR count). The van der Waals surface area contributed by atoms with Crippen LogP contribution in [-0.4, -0.2) is 63.4 Å². The highest BCUT2D eigenvalue weighted by atomic mass is 16.2. The number of hydrogen-bond acceptors (Lipinski definition) is 4. The predicted molar refractivity (Wildman–Crippen MR) is 107 cm³/mol. The minimum Gasteiger partial charge on any atom is -0.352 e. The van der Waals surface area contributed by atoms with Gasteiger partial charge >= 0.3 is 0 Å². The topological polar surface area (TPSA) is 52.9 Å². The van der Waals surface area contributed by atoms with Crippen molar-refractivity contribution in [2.45, 2.75) is 58.2 Å². The Morgan fingerprint density at radius 3 is 2.70 bits per heavy atom. The molecule has 2 aromatic rings. The molecule has 1 saturated heterocycles. The average molecular weight is 370 g/mol. The number of amides is 1. The van der Waals surface area contributed by atoms with Gasteiger partial charge in [0.25, 0.3) is 0 Å². The summed E-state index contributed by atoms with van der Waals surface area (Å²) in [4.78, 5) is 21.8. The first-order valence-electron chi connectivity index (χ1n) is 10.3. The molecule has 6 heteroatoms. The molecule has 1 N–H and O–H groups in total. The molecule has 6 nitrogen and oxygen atoms in total. The van der Waals surface area contributed by atoms with Crippen LogP contribution in [0.25, 0.3) is 5.65 Å². The molecule has 0 aromatic carbocycles. The van der Waals surface area contributed by atoms with Crippen LogP contribution in [0.2, 0.25) is 0 Å². The van der Waals surface area contributed by atoms with E-state index in [1.165, 1.54) is 24.1 Å². The van der Waals surface area contributed by atoms with Crippen molar-refractivity contribution in [2.75, 3.05) is 26.2 Å². The summed E-state index contributed by atoms with van der Waals surface area (Å²) < 4.78 is 2.19. The number of piperazine rings is 1. The molecule has 146 valence electrons. The lowest BCUT2D eigenvalue weighted by molar-refractivity contribution is -0.127. The highest BCUT2D eigenvalue weighted by molar-refractivity contribution is 5.81. The molecule has 1 atom stereocenters. The van der Waals surface area contributed by atoms with Crippen molar-refractivity contribution < 1.29 is 4.79 Å². The second kappa shape index (κ2) is 7.98. The van der Waals surface area contributed by atoms with Crippen LogP contribution in [0.1, 0.15) is 43.9 Å². The summed E-state index contributed by atoms with van der Waals surface area (Å²) in [5.41, 5.74) is 3.48. The van der Waals surface area contributed by atoms with Gasteiger partial charge in [-0.15, -0.1) is 0 Å². The normalized spacial score (nSPS) is 21.0. The molecule has 0 bridgehead atoms. The van der Waals surface area contributed by atoms with E-state index in [-0.39, 0.29) is 11.9 Å². The number of nitrogens with one attached hydrogen (secondary N) is 1. The van der Waals surface area contributed by atoms with E-state index >= 15 is 0 Å². The molecule has 2 fully saturated rings. The van der Waals surface area contributed by atoms with Crippen LogP contribution in [0.5, 0.6) is 0 Å². The lowest BCUT2D eigenvalue weighted by Gasteiger charge is -2.37. The minimum absolute atomic E-state index is 0.0359. The summed E-state index contributed by atoms with van der Waals surface area (Å²) >= 11 is 0. The van der Waals surface area contributed by atoms with Gasteiger partial charge in [-0.3, -0.25) is 14.6 Å². The second-order valence-electron chi connectivity index (χ2n) is 8.16. The zero-order valence-electron chi connectivity index (χ0n) is 16.5. The van der Waals surface area contributed by atoms with Crippen molar-refractivity contribution in [1.82, 2.24) is 24.5 Å². The van der Waals surface area contributed by atoms with Gasteiger partial charge in [0.15, 0.2) is 0 Å². The molecule has 1 aliphatic heterocycles. The third-order valence-electron chi connectivity index (χ3n) is 6.15. The van der Waals surface area contributed by atoms with E-state index in [9.17, 15) is 4.79 Å². The second-order valence-corrected chi connectivity index (χ2v) is 8.16. The van der Waals surface area contributed by atoms with Gasteiger partial charge in [-0.05, 0) is 38.3 Å². The van der Waals surface area contributed by atoms with Crippen molar-refractivity contribution in [3.63, 3.8) is 0 Å². The largest absolute Gasteiger partial charge is 0.352 e. The molecule has 1 aliphatic carbocycles. The number of nitrogens with zero attached hydrogens (tertiary/aromatic N) is 4. The number of carbonyl (C=O) groups is 1. The average Bonchev–Trinajstić information content (AvgIpc) is 3.32. The van der Waals surface area contributed by atoms with Gasteiger partial charge in [-0.1, -0.05) is 18.9 Å². The SMILES string of the molecule is Cc1ccc2ncc(CN3CCN([C@@H](C)C(=O)NC4CCCC4)CC3)n2c1. The summed E-state index contributed by atoms with van der Waals surface area (Å²) in [5.74, 6) is 0.201. The van der Waals surface area contributed by atoms with E-state index in [1.807, 2.05) is 13.1 Å². The Labute approximate surface area is 161 Å². The Morgan fingerprint density at radius 2 is 1.96 bits per heavy atom. The summed E-state index contributed by atoms with van der Waals surface area (Å²) in [6, 6.07) is 4.54. The summed E-state index contributed by atoms with van der Waals surface area (Å²) in [5, 5.41) is 3.24. The Hall–Kier alpha value is -1.92. The van der Waals surface area contributed by atoms with Crippen molar-refractivity contribution >= 4 is 11.6 Å². The zero-order valence-corrected chi connectivity index (χ0v) is 16.5. The first-order valence-corrected chi connectivity index (χ1v) is 10.3. The lowest BCUT2D eigenvalue weighted by atomic mass is 10.2. The molecule has 27 heavy (non-hydrogen) atoms. The lowest BCUT2D eigenvalue weighted by Crippen LogP contribution is -2.54. The van der Waals surface area contributed by atoms with Crippen molar-refractivity contribution in [2.24, 2.45) is 0 Å². The van der Waals surface area contributed by atoms with Crippen LogP contribution < -0.4 is 5.32 Å². The smallest absolute Gasteiger partial charge is 0.237 e. The fourth-order valence-electron chi connectivity index (χ4n) is 4.35. The maximum Gasteiger partial charge on any atom is 0.237 e. The van der Waals surface area contributed by atoms with Crippen LogP contribution in [-0.2, 0) is 11.3 Å². The molecule has 2 aliphatic rings. The predicted octanol–water partition coefficient (Wildman–Crippen LogP) is 2.21. The fraction of sp³-hybridized carbons (Fsp3) is 0.619. The van der Waals surface area contributed by atoms with E-state index < -0.39 is 0 Å². The quantitative estimate of drug-likeness (QED) is 0.878. The monoisotopic (exact) mass is 369 g/mol. The number of rotatable bonds is 5. The van der Waals surface area contributed by atoms with Gasteiger partial charge in [0, 0.05) is 45.0 Å². The number of aromatic nitrogens is 2. The van der Waals surface area contributed by atoms with Gasteiger partial charge in [-0.2, -0.15) is 0 Å². The van der Waals surface area contributed by atoms with Crippen LogP contribution >= 0.6 is 0 Å².